The van der Waals surface area contributed by atoms with Crippen LogP contribution in [0.15, 0.2) is 84.1 Å². The maximum atomic E-state index is 13.8. The van der Waals surface area contributed by atoms with E-state index in [4.69, 9.17) is 19.6 Å². The lowest BCUT2D eigenvalue weighted by Crippen LogP contribution is -2.31. The third-order valence-electron chi connectivity index (χ3n) is 6.87. The predicted octanol–water partition coefficient (Wildman–Crippen LogP) is 6.19. The Hall–Kier alpha value is -4.59. The normalized spacial score (nSPS) is 14.9. The molecule has 200 valence electrons. The second-order valence-corrected chi connectivity index (χ2v) is 10.5. The highest BCUT2D eigenvalue weighted by Gasteiger charge is 2.35. The lowest BCUT2D eigenvalue weighted by atomic mass is 9.87. The van der Waals surface area contributed by atoms with Gasteiger partial charge in [-0.3, -0.25) is 4.79 Å². The van der Waals surface area contributed by atoms with Crippen molar-refractivity contribution < 1.29 is 14.3 Å². The summed E-state index contributed by atoms with van der Waals surface area (Å²) in [6.07, 6.45) is 0. The van der Waals surface area contributed by atoms with Crippen molar-refractivity contribution in [1.82, 2.24) is 14.8 Å². The van der Waals surface area contributed by atoms with Crippen molar-refractivity contribution in [3.8, 4) is 22.9 Å². The molecule has 4 aromatic rings. The molecule has 1 aliphatic heterocycles. The number of nitrogens with one attached hydrogen (secondary N) is 2. The maximum absolute atomic E-state index is 13.8. The van der Waals surface area contributed by atoms with Gasteiger partial charge in [-0.05, 0) is 47.7 Å². The number of rotatable bonds is 6. The van der Waals surface area contributed by atoms with Crippen LogP contribution < -0.4 is 20.1 Å². The minimum atomic E-state index is -0.541. The van der Waals surface area contributed by atoms with Gasteiger partial charge in [0, 0.05) is 11.3 Å². The minimum Gasteiger partial charge on any atom is -0.497 e. The van der Waals surface area contributed by atoms with E-state index in [-0.39, 0.29) is 11.3 Å². The number of carbonyl (C=O) groups is 1. The topological polar surface area (TPSA) is 90.3 Å². The van der Waals surface area contributed by atoms with Crippen molar-refractivity contribution in [2.24, 2.45) is 0 Å². The third-order valence-corrected chi connectivity index (χ3v) is 6.87. The van der Waals surface area contributed by atoms with Gasteiger partial charge in [-0.15, -0.1) is 5.10 Å². The number of aromatic nitrogens is 3. The van der Waals surface area contributed by atoms with Crippen LogP contribution in [0.5, 0.6) is 11.5 Å². The molecule has 2 N–H and O–H groups in total. The first-order valence-electron chi connectivity index (χ1n) is 12.8. The summed E-state index contributed by atoms with van der Waals surface area (Å²) in [5.74, 6) is 2.13. The lowest BCUT2D eigenvalue weighted by Gasteiger charge is -2.29. The SMILES string of the molecule is COc1cccc(C2C(C(=O)Nc3ccccc3OC)=C(C)Nc3nc(-c4ccc(C(C)(C)C)cc4)nn32)c1. The minimum absolute atomic E-state index is 0.0448. The smallest absolute Gasteiger partial charge is 0.255 e. The summed E-state index contributed by atoms with van der Waals surface area (Å²) in [6, 6.07) is 22.7. The highest BCUT2D eigenvalue weighted by molar-refractivity contribution is 6.06. The standard InChI is InChI=1S/C31H33N5O3/c1-19-26(29(37)33-24-12-7-8-13-25(24)39-6)27(21-10-9-11-23(18-21)38-5)36-30(32-19)34-28(35-36)20-14-16-22(17-15-20)31(2,3)4/h7-18,27H,1-6H3,(H,33,37)(H,32,34,35). The molecule has 2 heterocycles. The number of hydrogen-bond donors (Lipinski definition) is 2. The van der Waals surface area contributed by atoms with Gasteiger partial charge in [0.15, 0.2) is 5.82 Å². The number of carbonyl (C=O) groups excluding carboxylic acids is 1. The van der Waals surface area contributed by atoms with E-state index < -0.39 is 6.04 Å². The number of ether oxygens (including phenoxy) is 2. The Bertz CT molecular complexity index is 1550. The second-order valence-electron chi connectivity index (χ2n) is 10.5. The first kappa shape index (κ1) is 26.0. The summed E-state index contributed by atoms with van der Waals surface area (Å²) in [6.45, 7) is 8.43. The molecule has 0 saturated heterocycles. The van der Waals surface area contributed by atoms with Crippen LogP contribution in [0.3, 0.4) is 0 Å². The van der Waals surface area contributed by atoms with Crippen LogP contribution in [0.25, 0.3) is 11.4 Å². The van der Waals surface area contributed by atoms with Gasteiger partial charge < -0.3 is 20.1 Å². The number of allylic oxidation sites excluding steroid dienone is 1. The van der Waals surface area contributed by atoms with E-state index in [0.29, 0.717) is 40.2 Å². The number of anilines is 2. The Balaban J connectivity index is 1.58. The molecule has 1 aromatic heterocycles. The van der Waals surface area contributed by atoms with Gasteiger partial charge in [0.1, 0.15) is 17.5 Å². The quantitative estimate of drug-likeness (QED) is 0.313. The van der Waals surface area contributed by atoms with Gasteiger partial charge in [0.05, 0.1) is 25.5 Å². The molecule has 0 radical (unpaired) electrons. The number of para-hydroxylation sites is 2. The summed E-state index contributed by atoms with van der Waals surface area (Å²) in [4.78, 5) is 18.7. The average molecular weight is 524 g/mol. The van der Waals surface area contributed by atoms with Crippen LogP contribution in [0.2, 0.25) is 0 Å². The van der Waals surface area contributed by atoms with Crippen LogP contribution >= 0.6 is 0 Å². The van der Waals surface area contributed by atoms with Gasteiger partial charge >= 0.3 is 0 Å². The van der Waals surface area contributed by atoms with Crippen molar-refractivity contribution in [2.45, 2.75) is 39.2 Å². The van der Waals surface area contributed by atoms with E-state index >= 15 is 0 Å². The zero-order valence-corrected chi connectivity index (χ0v) is 23.1. The third kappa shape index (κ3) is 5.10. The fourth-order valence-electron chi connectivity index (χ4n) is 4.74. The molecule has 8 heteroatoms. The maximum Gasteiger partial charge on any atom is 0.255 e. The summed E-state index contributed by atoms with van der Waals surface area (Å²) < 4.78 is 12.7. The summed E-state index contributed by atoms with van der Waals surface area (Å²) >= 11 is 0. The summed E-state index contributed by atoms with van der Waals surface area (Å²) in [5, 5.41) is 11.2. The van der Waals surface area contributed by atoms with Gasteiger partial charge in [0.2, 0.25) is 5.95 Å². The molecule has 8 nitrogen and oxygen atoms in total. The molecule has 3 aromatic carbocycles. The van der Waals surface area contributed by atoms with E-state index in [1.807, 2.05) is 67.6 Å². The van der Waals surface area contributed by atoms with Crippen molar-refractivity contribution >= 4 is 17.5 Å². The van der Waals surface area contributed by atoms with Crippen LogP contribution in [0, 0.1) is 0 Å². The molecule has 0 spiro atoms. The lowest BCUT2D eigenvalue weighted by molar-refractivity contribution is -0.113. The molecule has 5 rings (SSSR count). The van der Waals surface area contributed by atoms with Gasteiger partial charge in [-0.2, -0.15) is 4.98 Å². The molecule has 0 aliphatic carbocycles. The molecule has 0 saturated carbocycles. The van der Waals surface area contributed by atoms with Crippen molar-refractivity contribution in [1.29, 1.82) is 0 Å². The van der Waals surface area contributed by atoms with E-state index in [2.05, 4.69) is 43.5 Å². The number of amides is 1. The Kier molecular flexibility index (Phi) is 6.87. The van der Waals surface area contributed by atoms with Crippen molar-refractivity contribution in [3.63, 3.8) is 0 Å². The molecular formula is C31H33N5O3. The zero-order chi connectivity index (χ0) is 27.7. The van der Waals surface area contributed by atoms with Crippen molar-refractivity contribution in [3.05, 3.63) is 95.2 Å². The van der Waals surface area contributed by atoms with E-state index in [0.717, 1.165) is 11.1 Å². The molecular weight excluding hydrogens is 490 g/mol. The van der Waals surface area contributed by atoms with Crippen LogP contribution in [-0.2, 0) is 10.2 Å². The molecule has 1 aliphatic rings. The first-order valence-corrected chi connectivity index (χ1v) is 12.8. The fourth-order valence-corrected chi connectivity index (χ4v) is 4.74. The van der Waals surface area contributed by atoms with Crippen LogP contribution in [0.1, 0.15) is 44.9 Å². The number of hydrogen-bond acceptors (Lipinski definition) is 6. The Morgan fingerprint density at radius 2 is 1.72 bits per heavy atom. The number of benzene rings is 3. The molecule has 1 amide bonds. The van der Waals surface area contributed by atoms with Crippen molar-refractivity contribution in [2.75, 3.05) is 24.9 Å². The number of fused-ring (bicyclic) bond motifs is 1. The Morgan fingerprint density at radius 3 is 2.41 bits per heavy atom. The van der Waals surface area contributed by atoms with Gasteiger partial charge in [0.25, 0.3) is 5.91 Å². The monoisotopic (exact) mass is 523 g/mol. The molecule has 1 unspecified atom stereocenters. The summed E-state index contributed by atoms with van der Waals surface area (Å²) in [7, 11) is 3.20. The molecule has 1 atom stereocenters. The molecule has 0 bridgehead atoms. The van der Waals surface area contributed by atoms with E-state index in [1.54, 1.807) is 18.9 Å². The second kappa shape index (κ2) is 10.3. The van der Waals surface area contributed by atoms with E-state index in [1.165, 1.54) is 5.56 Å². The molecule has 0 fully saturated rings. The highest BCUT2D eigenvalue weighted by Crippen LogP contribution is 2.38. The Labute approximate surface area is 228 Å². The number of methoxy groups -OCH3 is 2. The molecule has 39 heavy (non-hydrogen) atoms. The fraction of sp³-hybridized carbons (Fsp3) is 0.258. The van der Waals surface area contributed by atoms with E-state index in [9.17, 15) is 4.79 Å². The zero-order valence-electron chi connectivity index (χ0n) is 23.1. The predicted molar refractivity (Wildman–Crippen MR) is 153 cm³/mol. The van der Waals surface area contributed by atoms with Gasteiger partial charge in [-0.1, -0.05) is 69.3 Å². The first-order chi connectivity index (χ1) is 18.7. The van der Waals surface area contributed by atoms with Crippen LogP contribution in [-0.4, -0.2) is 34.9 Å². The summed E-state index contributed by atoms with van der Waals surface area (Å²) in [5.41, 5.74) is 4.80. The largest absolute Gasteiger partial charge is 0.497 e. The number of nitrogens with zero attached hydrogens (tertiary/aromatic N) is 3. The average Bonchev–Trinajstić information content (AvgIpc) is 3.35. The van der Waals surface area contributed by atoms with Crippen LogP contribution in [0.4, 0.5) is 11.6 Å². The Morgan fingerprint density at radius 1 is 0.974 bits per heavy atom. The van der Waals surface area contributed by atoms with Gasteiger partial charge in [-0.25, -0.2) is 4.68 Å². The highest BCUT2D eigenvalue weighted by atomic mass is 16.5.